The van der Waals surface area contributed by atoms with E-state index in [1.807, 2.05) is 6.07 Å². The van der Waals surface area contributed by atoms with E-state index in [1.165, 1.54) is 30.4 Å². The molecule has 2 aliphatic heterocycles. The average Bonchev–Trinajstić information content (AvgIpc) is 2.90. The Morgan fingerprint density at radius 1 is 0.923 bits per heavy atom. The minimum absolute atomic E-state index is 0.580. The van der Waals surface area contributed by atoms with Gasteiger partial charge < -0.3 is 9.47 Å². The summed E-state index contributed by atoms with van der Waals surface area (Å²) in [5.41, 5.74) is 4.24. The van der Waals surface area contributed by atoms with Crippen molar-refractivity contribution < 1.29 is 9.47 Å². The Morgan fingerprint density at radius 2 is 1.65 bits per heavy atom. The summed E-state index contributed by atoms with van der Waals surface area (Å²) in [5.74, 6) is 1.73. The number of fused-ring (bicyclic) bond motifs is 2. The van der Waals surface area contributed by atoms with Crippen molar-refractivity contribution in [2.75, 3.05) is 14.2 Å². The first-order valence-corrected chi connectivity index (χ1v) is 9.46. The number of rotatable bonds is 6. The highest BCUT2D eigenvalue weighted by atomic mass is 16.5. The van der Waals surface area contributed by atoms with Gasteiger partial charge in [-0.15, -0.1) is 0 Å². The number of hydrogen-bond donors (Lipinski definition) is 0. The predicted molar refractivity (Wildman–Crippen MR) is 105 cm³/mol. The topological polar surface area (TPSA) is 21.7 Å². The summed E-state index contributed by atoms with van der Waals surface area (Å²) in [6, 6.07) is 18.3. The van der Waals surface area contributed by atoms with Gasteiger partial charge in [0.05, 0.1) is 14.2 Å². The second-order valence-electron chi connectivity index (χ2n) is 7.38. The molecule has 2 aliphatic rings. The van der Waals surface area contributed by atoms with Crippen molar-refractivity contribution in [3.05, 3.63) is 71.3 Å². The van der Waals surface area contributed by atoms with Crippen molar-refractivity contribution in [2.45, 2.75) is 44.3 Å². The molecule has 3 heteroatoms. The third-order valence-corrected chi connectivity index (χ3v) is 5.67. The van der Waals surface area contributed by atoms with Crippen LogP contribution in [-0.4, -0.2) is 31.2 Å². The van der Waals surface area contributed by atoms with Crippen LogP contribution in [0, 0.1) is 0 Å². The maximum Gasteiger partial charge on any atom is 0.122 e. The molecule has 0 spiro atoms. The quantitative estimate of drug-likeness (QED) is 0.711. The second-order valence-corrected chi connectivity index (χ2v) is 7.38. The molecule has 0 amide bonds. The molecule has 26 heavy (non-hydrogen) atoms. The van der Waals surface area contributed by atoms with E-state index in [0.29, 0.717) is 12.1 Å². The fourth-order valence-electron chi connectivity index (χ4n) is 4.41. The van der Waals surface area contributed by atoms with E-state index in [9.17, 15) is 0 Å². The molecule has 2 unspecified atom stereocenters. The summed E-state index contributed by atoms with van der Waals surface area (Å²) < 4.78 is 10.8. The van der Waals surface area contributed by atoms with Gasteiger partial charge in [0.1, 0.15) is 11.5 Å². The van der Waals surface area contributed by atoms with E-state index >= 15 is 0 Å². The minimum atomic E-state index is 0.580. The van der Waals surface area contributed by atoms with Crippen LogP contribution in [0.25, 0.3) is 0 Å². The zero-order chi connectivity index (χ0) is 17.9. The maximum absolute atomic E-state index is 5.42. The first-order valence-electron chi connectivity index (χ1n) is 9.46. The Balaban J connectivity index is 1.49. The average molecular weight is 349 g/mol. The highest BCUT2D eigenvalue weighted by molar-refractivity contribution is 5.40. The van der Waals surface area contributed by atoms with Gasteiger partial charge in [0.15, 0.2) is 0 Å². The van der Waals surface area contributed by atoms with E-state index in [-0.39, 0.29) is 0 Å². The van der Waals surface area contributed by atoms with E-state index in [1.54, 1.807) is 19.8 Å². The van der Waals surface area contributed by atoms with Crippen LogP contribution < -0.4 is 9.47 Å². The zero-order valence-corrected chi connectivity index (χ0v) is 15.7. The normalized spacial score (nSPS) is 22.2. The van der Waals surface area contributed by atoms with Gasteiger partial charge in [-0.1, -0.05) is 42.0 Å². The molecule has 0 aromatic heterocycles. The van der Waals surface area contributed by atoms with Gasteiger partial charge in [0, 0.05) is 24.7 Å². The molecular weight excluding hydrogens is 322 g/mol. The van der Waals surface area contributed by atoms with Gasteiger partial charge in [-0.3, -0.25) is 4.90 Å². The molecule has 1 fully saturated rings. The summed E-state index contributed by atoms with van der Waals surface area (Å²) in [6.07, 6.45) is 7.25. The fraction of sp³-hybridized carbons (Fsp3) is 0.391. The standard InChI is InChI=1S/C23H27NO2/c1-25-22-13-19(14-23(15-22)26-2)10-18-11-20-8-9-21(12-18)24(20)16-17-6-4-3-5-7-17/h3-7,11,13-15,20-21H,8-10,12,16H2,1-2H3. The van der Waals surface area contributed by atoms with Crippen LogP contribution in [0.5, 0.6) is 11.5 Å². The molecular formula is C23H27NO2. The van der Waals surface area contributed by atoms with Crippen LogP contribution in [0.2, 0.25) is 0 Å². The second kappa shape index (κ2) is 7.55. The zero-order valence-electron chi connectivity index (χ0n) is 15.7. The number of nitrogens with zero attached hydrogens (tertiary/aromatic N) is 1. The number of benzene rings is 2. The van der Waals surface area contributed by atoms with E-state index in [4.69, 9.17) is 9.47 Å². The summed E-state index contributed by atoms with van der Waals surface area (Å²) in [7, 11) is 3.42. The van der Waals surface area contributed by atoms with Crippen LogP contribution in [0.4, 0.5) is 0 Å². The highest BCUT2D eigenvalue weighted by Crippen LogP contribution is 2.37. The fourth-order valence-corrected chi connectivity index (χ4v) is 4.41. The molecule has 0 radical (unpaired) electrons. The van der Waals surface area contributed by atoms with E-state index in [0.717, 1.165) is 24.5 Å². The van der Waals surface area contributed by atoms with Gasteiger partial charge >= 0.3 is 0 Å². The van der Waals surface area contributed by atoms with Crippen LogP contribution in [0.3, 0.4) is 0 Å². The first kappa shape index (κ1) is 17.2. The van der Waals surface area contributed by atoms with Crippen molar-refractivity contribution in [3.63, 3.8) is 0 Å². The lowest BCUT2D eigenvalue weighted by molar-refractivity contribution is 0.194. The van der Waals surface area contributed by atoms with Crippen LogP contribution >= 0.6 is 0 Å². The van der Waals surface area contributed by atoms with Gasteiger partial charge in [-0.05, 0) is 48.9 Å². The van der Waals surface area contributed by atoms with Crippen molar-refractivity contribution >= 4 is 0 Å². The van der Waals surface area contributed by atoms with Gasteiger partial charge in [0.25, 0.3) is 0 Å². The SMILES string of the molecule is COc1cc(CC2=CC3CCC(C2)N3Cc2ccccc2)cc(OC)c1. The molecule has 2 aromatic carbocycles. The molecule has 136 valence electrons. The maximum atomic E-state index is 5.42. The van der Waals surface area contributed by atoms with Crippen molar-refractivity contribution in [3.8, 4) is 11.5 Å². The molecule has 2 aromatic rings. The molecule has 4 rings (SSSR count). The molecule has 2 atom stereocenters. The molecule has 3 nitrogen and oxygen atoms in total. The van der Waals surface area contributed by atoms with Gasteiger partial charge in [0.2, 0.25) is 0 Å². The smallest absolute Gasteiger partial charge is 0.122 e. The number of methoxy groups -OCH3 is 2. The lowest BCUT2D eigenvalue weighted by Gasteiger charge is -2.34. The van der Waals surface area contributed by atoms with Crippen LogP contribution in [0.1, 0.15) is 30.4 Å². The monoisotopic (exact) mass is 349 g/mol. The van der Waals surface area contributed by atoms with E-state index in [2.05, 4.69) is 53.4 Å². The molecule has 0 saturated carbocycles. The third-order valence-electron chi connectivity index (χ3n) is 5.67. The first-order chi connectivity index (χ1) is 12.7. The summed E-state index contributed by atoms with van der Waals surface area (Å²) >= 11 is 0. The largest absolute Gasteiger partial charge is 0.497 e. The van der Waals surface area contributed by atoms with Gasteiger partial charge in [-0.2, -0.15) is 0 Å². The lowest BCUT2D eigenvalue weighted by atomic mass is 9.94. The Kier molecular flexibility index (Phi) is 4.98. The number of hydrogen-bond acceptors (Lipinski definition) is 3. The molecule has 1 saturated heterocycles. The van der Waals surface area contributed by atoms with Crippen LogP contribution in [-0.2, 0) is 13.0 Å². The molecule has 2 heterocycles. The predicted octanol–water partition coefficient (Wildman–Crippen LogP) is 4.61. The van der Waals surface area contributed by atoms with Crippen molar-refractivity contribution in [2.24, 2.45) is 0 Å². The lowest BCUT2D eigenvalue weighted by Crippen LogP contribution is -2.38. The minimum Gasteiger partial charge on any atom is -0.497 e. The van der Waals surface area contributed by atoms with Crippen molar-refractivity contribution in [1.29, 1.82) is 0 Å². The summed E-state index contributed by atoms with van der Waals surface area (Å²) in [5, 5.41) is 0. The Morgan fingerprint density at radius 3 is 2.31 bits per heavy atom. The Labute approximate surface area is 156 Å². The van der Waals surface area contributed by atoms with Gasteiger partial charge in [-0.25, -0.2) is 0 Å². The Hall–Kier alpha value is -2.26. The Bertz CT molecular complexity index is 762. The highest BCUT2D eigenvalue weighted by Gasteiger charge is 2.36. The molecule has 0 aliphatic carbocycles. The van der Waals surface area contributed by atoms with E-state index < -0.39 is 0 Å². The summed E-state index contributed by atoms with van der Waals surface area (Å²) in [4.78, 5) is 2.69. The molecule has 2 bridgehead atoms. The van der Waals surface area contributed by atoms with Crippen molar-refractivity contribution in [1.82, 2.24) is 4.90 Å². The third kappa shape index (κ3) is 3.63. The summed E-state index contributed by atoms with van der Waals surface area (Å²) in [6.45, 7) is 1.06. The van der Waals surface area contributed by atoms with Crippen LogP contribution in [0.15, 0.2) is 60.2 Å². The number of ether oxygens (including phenoxy) is 2. The molecule has 0 N–H and O–H groups in total.